The van der Waals surface area contributed by atoms with Crippen LogP contribution in [0.3, 0.4) is 0 Å². The minimum atomic E-state index is -5.03. The van der Waals surface area contributed by atoms with E-state index >= 15 is 0 Å². The average Bonchev–Trinajstić information content (AvgIpc) is 3.31. The summed E-state index contributed by atoms with van der Waals surface area (Å²) in [5.41, 5.74) is 7.21. The quantitative estimate of drug-likeness (QED) is 0.491. The largest absolute Gasteiger partial charge is 0.471 e. The van der Waals surface area contributed by atoms with Crippen molar-refractivity contribution in [3.8, 4) is 0 Å². The lowest BCUT2D eigenvalue weighted by Crippen LogP contribution is -2.48. The van der Waals surface area contributed by atoms with Crippen LogP contribution in [0.4, 0.5) is 24.7 Å². The molecule has 1 atom stereocenters. The molecule has 1 aromatic heterocycles. The maximum absolute atomic E-state index is 12.8. The fraction of sp³-hybridized carbons (Fsp3) is 0.261. The highest BCUT2D eigenvalue weighted by Gasteiger charge is 2.47. The molecule has 12 heteroatoms. The number of nitrogens with zero attached hydrogens (tertiary/aromatic N) is 3. The number of alkyl halides is 3. The number of nitrogens with one attached hydrogen (secondary N) is 2. The fourth-order valence-electron chi connectivity index (χ4n) is 4.04. The summed E-state index contributed by atoms with van der Waals surface area (Å²) in [5, 5.41) is 6.35. The zero-order valence-corrected chi connectivity index (χ0v) is 18.3. The Balaban J connectivity index is 1.46. The molecule has 4 N–H and O–H groups in total. The van der Waals surface area contributed by atoms with Crippen molar-refractivity contribution < 1.29 is 27.6 Å². The van der Waals surface area contributed by atoms with Crippen LogP contribution in [0.5, 0.6) is 0 Å². The van der Waals surface area contributed by atoms with Crippen LogP contribution in [0, 0.1) is 0 Å². The second-order valence-electron chi connectivity index (χ2n) is 7.99. The highest BCUT2D eigenvalue weighted by molar-refractivity contribution is 6.06. The second kappa shape index (κ2) is 9.57. The first-order valence-electron chi connectivity index (χ1n) is 10.7. The Bertz CT molecular complexity index is 1300. The monoisotopic (exact) mass is 486 g/mol. The number of anilines is 2. The number of hydrogen-bond acceptors (Lipinski definition) is 6. The number of carbonyl (C=O) groups excluding carboxylic acids is 3. The first-order valence-corrected chi connectivity index (χ1v) is 10.7. The second-order valence-corrected chi connectivity index (χ2v) is 7.99. The molecule has 0 aliphatic carbocycles. The van der Waals surface area contributed by atoms with Crippen molar-refractivity contribution in [3.63, 3.8) is 0 Å². The van der Waals surface area contributed by atoms with Gasteiger partial charge < -0.3 is 21.3 Å². The maximum Gasteiger partial charge on any atom is 0.471 e. The average molecular weight is 486 g/mol. The number of amides is 3. The van der Waals surface area contributed by atoms with Gasteiger partial charge in [0.25, 0.3) is 5.91 Å². The zero-order chi connectivity index (χ0) is 25.2. The summed E-state index contributed by atoms with van der Waals surface area (Å²) in [5.74, 6) is -2.82. The van der Waals surface area contributed by atoms with Gasteiger partial charge in [-0.25, -0.2) is 9.97 Å². The minimum absolute atomic E-state index is 0.120. The normalized spacial score (nSPS) is 15.7. The van der Waals surface area contributed by atoms with E-state index in [4.69, 9.17) is 5.73 Å². The van der Waals surface area contributed by atoms with Crippen LogP contribution in [0.15, 0.2) is 48.8 Å². The van der Waals surface area contributed by atoms with E-state index in [0.717, 1.165) is 5.56 Å². The molecule has 0 spiro atoms. The number of hydrogen-bond donors (Lipinski definition) is 3. The summed E-state index contributed by atoms with van der Waals surface area (Å²) < 4.78 is 38.5. The van der Waals surface area contributed by atoms with Crippen molar-refractivity contribution in [2.24, 2.45) is 5.73 Å². The first-order chi connectivity index (χ1) is 16.6. The maximum atomic E-state index is 12.8. The summed E-state index contributed by atoms with van der Waals surface area (Å²) in [4.78, 5) is 44.9. The molecule has 1 fully saturated rings. The fourth-order valence-corrected chi connectivity index (χ4v) is 4.04. The molecule has 2 heterocycles. The SMILES string of the molecule is NC(=O)c1cccc2c(NCc3cccc(NC(=O)[C@@H]4CCCN4C(=O)C(F)(F)F)c3)ncnc12. The first kappa shape index (κ1) is 23.9. The van der Waals surface area contributed by atoms with Crippen molar-refractivity contribution in [1.29, 1.82) is 0 Å². The molecule has 3 aromatic rings. The van der Waals surface area contributed by atoms with E-state index in [9.17, 15) is 27.6 Å². The Morgan fingerprint density at radius 3 is 2.63 bits per heavy atom. The number of halogens is 3. The van der Waals surface area contributed by atoms with Crippen LogP contribution in [0.1, 0.15) is 28.8 Å². The van der Waals surface area contributed by atoms with E-state index in [1.165, 1.54) is 6.33 Å². The van der Waals surface area contributed by atoms with Crippen LogP contribution < -0.4 is 16.4 Å². The molecule has 0 radical (unpaired) electrons. The van der Waals surface area contributed by atoms with Crippen LogP contribution in [-0.2, 0) is 16.1 Å². The number of primary amides is 1. The van der Waals surface area contributed by atoms with Crippen LogP contribution in [0.2, 0.25) is 0 Å². The molecule has 0 unspecified atom stereocenters. The molecule has 0 bridgehead atoms. The third-order valence-electron chi connectivity index (χ3n) is 5.64. The number of fused-ring (bicyclic) bond motifs is 1. The Kier molecular flexibility index (Phi) is 6.54. The lowest BCUT2D eigenvalue weighted by Gasteiger charge is -2.24. The predicted molar refractivity (Wildman–Crippen MR) is 121 cm³/mol. The van der Waals surface area contributed by atoms with Crippen molar-refractivity contribution in [2.45, 2.75) is 31.6 Å². The highest BCUT2D eigenvalue weighted by atomic mass is 19.4. The van der Waals surface area contributed by atoms with Crippen molar-refractivity contribution in [3.05, 3.63) is 59.9 Å². The van der Waals surface area contributed by atoms with Gasteiger partial charge in [0.2, 0.25) is 5.91 Å². The van der Waals surface area contributed by atoms with Crippen molar-refractivity contribution in [1.82, 2.24) is 14.9 Å². The number of nitrogens with two attached hydrogens (primary N) is 1. The summed E-state index contributed by atoms with van der Waals surface area (Å²) in [6.07, 6.45) is -3.25. The Labute approximate surface area is 197 Å². The van der Waals surface area contributed by atoms with Gasteiger partial charge in [0, 0.05) is 24.2 Å². The number of carbonyl (C=O) groups is 3. The predicted octanol–water partition coefficient (Wildman–Crippen LogP) is 2.83. The molecule has 2 aromatic carbocycles. The summed E-state index contributed by atoms with van der Waals surface area (Å²) in [6, 6.07) is 10.5. The summed E-state index contributed by atoms with van der Waals surface area (Å²) in [6.45, 7) is 0.170. The van der Waals surface area contributed by atoms with Crippen LogP contribution >= 0.6 is 0 Å². The van der Waals surface area contributed by atoms with E-state index in [-0.39, 0.29) is 18.5 Å². The third-order valence-corrected chi connectivity index (χ3v) is 5.64. The highest BCUT2D eigenvalue weighted by Crippen LogP contribution is 2.27. The molecule has 0 saturated carbocycles. The van der Waals surface area contributed by atoms with E-state index in [2.05, 4.69) is 20.6 Å². The van der Waals surface area contributed by atoms with Gasteiger partial charge in [-0.1, -0.05) is 18.2 Å². The lowest BCUT2D eigenvalue weighted by atomic mass is 10.1. The number of rotatable bonds is 6. The van der Waals surface area contributed by atoms with Gasteiger partial charge in [0.15, 0.2) is 0 Å². The Hall–Kier alpha value is -4.22. The van der Waals surface area contributed by atoms with Crippen molar-refractivity contribution in [2.75, 3.05) is 17.2 Å². The standard InChI is InChI=1S/C23H21F3N6O3/c24-23(25,26)22(35)32-9-3-8-17(32)21(34)31-14-5-1-4-13(10-14)11-28-20-16-7-2-6-15(19(27)33)18(16)29-12-30-20/h1-2,4-7,10,12,17H,3,8-9,11H2,(H2,27,33)(H,31,34)(H,28,29,30)/t17-/m0/s1. The Morgan fingerprint density at radius 2 is 1.89 bits per heavy atom. The van der Waals surface area contributed by atoms with Crippen LogP contribution in [0.25, 0.3) is 10.9 Å². The van der Waals surface area contributed by atoms with Gasteiger partial charge in [-0.2, -0.15) is 13.2 Å². The minimum Gasteiger partial charge on any atom is -0.366 e. The number of aromatic nitrogens is 2. The molecular formula is C23H21F3N6O3. The molecule has 4 rings (SSSR count). The van der Waals surface area contributed by atoms with E-state index in [1.807, 2.05) is 0 Å². The molecule has 182 valence electrons. The third kappa shape index (κ3) is 5.15. The summed E-state index contributed by atoms with van der Waals surface area (Å²) >= 11 is 0. The smallest absolute Gasteiger partial charge is 0.366 e. The topological polar surface area (TPSA) is 130 Å². The van der Waals surface area contributed by atoms with E-state index < -0.39 is 29.9 Å². The van der Waals surface area contributed by atoms with Gasteiger partial charge in [-0.05, 0) is 42.7 Å². The van der Waals surface area contributed by atoms with E-state index in [1.54, 1.807) is 42.5 Å². The summed E-state index contributed by atoms with van der Waals surface area (Å²) in [7, 11) is 0. The zero-order valence-electron chi connectivity index (χ0n) is 18.3. The molecule has 9 nitrogen and oxygen atoms in total. The number of likely N-dealkylation sites (tertiary alicyclic amines) is 1. The molecule has 35 heavy (non-hydrogen) atoms. The van der Waals surface area contributed by atoms with E-state index in [0.29, 0.717) is 40.3 Å². The molecule has 1 saturated heterocycles. The Morgan fingerprint density at radius 1 is 1.11 bits per heavy atom. The molecule has 1 aliphatic rings. The lowest BCUT2D eigenvalue weighted by molar-refractivity contribution is -0.186. The van der Waals surface area contributed by atoms with Gasteiger partial charge in [0.05, 0.1) is 11.1 Å². The number of para-hydroxylation sites is 1. The van der Waals surface area contributed by atoms with Crippen LogP contribution in [-0.4, -0.2) is 51.4 Å². The van der Waals surface area contributed by atoms with Crippen molar-refractivity contribution >= 4 is 40.1 Å². The van der Waals surface area contributed by atoms with Gasteiger partial charge in [-0.3, -0.25) is 14.4 Å². The van der Waals surface area contributed by atoms with Gasteiger partial charge in [0.1, 0.15) is 18.2 Å². The molecule has 1 aliphatic heterocycles. The molecule has 3 amide bonds. The number of benzene rings is 2. The molecular weight excluding hydrogens is 465 g/mol. The van der Waals surface area contributed by atoms with Gasteiger partial charge in [-0.15, -0.1) is 0 Å². The van der Waals surface area contributed by atoms with Gasteiger partial charge >= 0.3 is 12.1 Å².